The normalized spacial score (nSPS) is 12.3. The molecule has 0 aliphatic carbocycles. The summed E-state index contributed by atoms with van der Waals surface area (Å²) in [6, 6.07) is 198. The van der Waals surface area contributed by atoms with Gasteiger partial charge in [0, 0.05) is 63.7 Å². The van der Waals surface area contributed by atoms with Gasteiger partial charge in [-0.2, -0.15) is 0 Å². The Bertz CT molecular complexity index is 8870. The highest BCUT2D eigenvalue weighted by atomic mass is 31.2. The molecule has 8 heteroatoms. The zero-order chi connectivity index (χ0) is 95.8. The average Bonchev–Trinajstić information content (AvgIpc) is 0.738. The Morgan fingerprint density at radius 3 is 0.775 bits per heavy atom. The number of rotatable bonds is 18. The van der Waals surface area contributed by atoms with Crippen LogP contribution in [-0.2, 0) is 18.3 Å². The third kappa shape index (κ3) is 17.8. The predicted octanol–water partition coefficient (Wildman–Crippen LogP) is 30.8. The van der Waals surface area contributed by atoms with Crippen LogP contribution in [0.15, 0.2) is 582 Å². The largest absolute Gasteiger partial charge is 0.309 e. The summed E-state index contributed by atoms with van der Waals surface area (Å²) >= 11 is 0. The van der Waals surface area contributed by atoms with E-state index in [4.69, 9.17) is 0 Å². The maximum Gasteiger partial charge on any atom is 0.171 e. The highest BCUT2D eigenvalue weighted by Gasteiger charge is 2.36. The number of benzene rings is 25. The molecule has 2 unspecified atom stereocenters. The zero-order valence-electron chi connectivity index (χ0n) is 77.8. The summed E-state index contributed by atoms with van der Waals surface area (Å²) in [5.41, 5.74) is 13.7. The topological polar surface area (TPSA) is 68.3 Å². The minimum Gasteiger partial charge on any atom is -0.309 e. The molecule has 0 saturated heterocycles. The van der Waals surface area contributed by atoms with Gasteiger partial charge in [-0.3, -0.25) is 0 Å². The van der Waals surface area contributed by atoms with Gasteiger partial charge in [0.15, 0.2) is 28.6 Å². The van der Waals surface area contributed by atoms with Crippen molar-refractivity contribution in [1.29, 1.82) is 0 Å². The van der Waals surface area contributed by atoms with E-state index in [-0.39, 0.29) is 0 Å². The fourth-order valence-electron chi connectivity index (χ4n) is 20.0. The molecule has 0 N–H and O–H groups in total. The Kier molecular flexibility index (Phi) is 25.6. The Labute approximate surface area is 828 Å². The first-order valence-corrected chi connectivity index (χ1v) is 54.8. The SMILES string of the molecule is O=P(c1ccc(-c2ccccc2)cc1)(c1ccc2ccccc2c1)c1ccc2ccccc2c1.O=P(c1ccccc1)(c1ccc(-c2ccc(-c3ccccc3)cc2)cc1)c1cccc(-c2ccccc2)c1.O=P(c1ccccc1)(c1ccc(-c2ccccc2)cc1)c1cc2ccccc2c2ccccc12.O=P(c1ccccc1)(c1ccccc1)c1ccc(-c2ccc3ccc4cccc5ccc2c3c45)cc1. The lowest BCUT2D eigenvalue weighted by Gasteiger charge is -2.23. The van der Waals surface area contributed by atoms with E-state index in [1.54, 1.807) is 0 Å². The van der Waals surface area contributed by atoms with Crippen molar-refractivity contribution < 1.29 is 18.3 Å². The molecule has 25 aromatic rings. The first kappa shape index (κ1) is 90.6. The maximum absolute atomic E-state index is 15.3. The molecule has 4 nitrogen and oxygen atoms in total. The molecule has 0 radical (unpaired) electrons. The van der Waals surface area contributed by atoms with Crippen LogP contribution in [0.4, 0.5) is 0 Å². The molecule has 25 aromatic carbocycles. The van der Waals surface area contributed by atoms with Crippen LogP contribution in [0.5, 0.6) is 0 Å². The van der Waals surface area contributed by atoms with Gasteiger partial charge in [-0.15, -0.1) is 0 Å². The van der Waals surface area contributed by atoms with Crippen molar-refractivity contribution >= 4 is 168 Å². The molecule has 0 spiro atoms. The Morgan fingerprint density at radius 2 is 0.352 bits per heavy atom. The molecule has 0 aliphatic rings. The van der Waals surface area contributed by atoms with E-state index < -0.39 is 28.6 Å². The van der Waals surface area contributed by atoms with Crippen LogP contribution in [0.3, 0.4) is 0 Å². The van der Waals surface area contributed by atoms with E-state index in [1.165, 1.54) is 54.4 Å². The first-order valence-electron chi connectivity index (χ1n) is 48.0. The molecule has 0 aromatic heterocycles. The second kappa shape index (κ2) is 40.1. The van der Waals surface area contributed by atoms with Gasteiger partial charge in [-0.05, 0) is 166 Å². The molecule has 2 atom stereocenters. The summed E-state index contributed by atoms with van der Waals surface area (Å²) in [4.78, 5) is 0. The summed E-state index contributed by atoms with van der Waals surface area (Å²) in [5.74, 6) is 0. The Morgan fingerprint density at radius 1 is 0.113 bits per heavy atom. The van der Waals surface area contributed by atoms with Crippen molar-refractivity contribution in [2.45, 2.75) is 0 Å². The lowest BCUT2D eigenvalue weighted by Crippen LogP contribution is -2.25. The highest BCUT2D eigenvalue weighted by Crippen LogP contribution is 2.50. The van der Waals surface area contributed by atoms with E-state index in [1.807, 2.05) is 291 Å². The van der Waals surface area contributed by atoms with E-state index in [0.29, 0.717) is 0 Å². The third-order valence-corrected chi connectivity index (χ3v) is 39.6. The first-order chi connectivity index (χ1) is 69.9. The number of fused-ring (bicyclic) bond motifs is 5. The molecule has 0 fully saturated rings. The second-order valence-electron chi connectivity index (χ2n) is 35.8. The van der Waals surface area contributed by atoms with E-state index in [2.05, 4.69) is 291 Å². The van der Waals surface area contributed by atoms with Crippen LogP contribution >= 0.6 is 28.6 Å². The lowest BCUT2D eigenvalue weighted by molar-refractivity contribution is 0.591. The smallest absolute Gasteiger partial charge is 0.171 e. The van der Waals surface area contributed by atoms with Crippen molar-refractivity contribution in [3.8, 4) is 66.8 Å². The van der Waals surface area contributed by atoms with Crippen LogP contribution in [0.2, 0.25) is 0 Å². The van der Waals surface area contributed by atoms with Crippen molar-refractivity contribution in [3.63, 3.8) is 0 Å². The van der Waals surface area contributed by atoms with Crippen LogP contribution in [0.1, 0.15) is 0 Å². The lowest BCUT2D eigenvalue weighted by atomic mass is 9.90. The van der Waals surface area contributed by atoms with E-state index in [0.717, 1.165) is 151 Å². The summed E-state index contributed by atoms with van der Waals surface area (Å²) < 4.78 is 60.2. The summed E-state index contributed by atoms with van der Waals surface area (Å²) in [5, 5.41) is 26.8. The molecule has 0 heterocycles. The van der Waals surface area contributed by atoms with Gasteiger partial charge in [0.2, 0.25) is 0 Å². The molecule has 676 valence electrons. The standard InChI is InChI=1S/C36H27OP.C34H23OP.2C32H23OP/c37-38(34-16-8-3-9-17-34,36-18-10-15-33(27-36)29-13-6-2-7-14-29)35-25-23-32(24-26-35)31-21-19-30(20-22-31)28-11-4-1-5-12-28;35-36(28-10-3-1-4-11-28,29-12-5-2-6-13-29)30-20-16-24(17-21-30)31-22-18-27-15-14-25-8-7-9-26-19-23-32(31)34(27)33(25)26;33-34(27-14-5-2-6-15-27,28-21-19-25(20-22-28)24-11-3-1-4-12-24)32-23-26-13-7-8-16-29(26)30-17-9-10-18-31(30)32;33-34(31-20-16-25-10-4-6-12-28(25)22-31,32-21-17-26-11-5-7-13-29(26)23-32)30-18-14-27(15-19-30)24-8-2-1-3-9-24/h1-27H;1-23H;2*1-23H. The van der Waals surface area contributed by atoms with Gasteiger partial charge in [-0.25, -0.2) is 0 Å². The average molecular weight is 1890 g/mol. The van der Waals surface area contributed by atoms with Gasteiger partial charge in [-0.1, -0.05) is 558 Å². The van der Waals surface area contributed by atoms with Crippen molar-refractivity contribution in [1.82, 2.24) is 0 Å². The zero-order valence-corrected chi connectivity index (χ0v) is 81.4. The molecule has 0 amide bonds. The van der Waals surface area contributed by atoms with Crippen molar-refractivity contribution in [2.75, 3.05) is 0 Å². The van der Waals surface area contributed by atoms with Crippen LogP contribution in [-0.4, -0.2) is 0 Å². The van der Waals surface area contributed by atoms with Gasteiger partial charge in [0.05, 0.1) is 0 Å². The molecule has 25 rings (SSSR count). The Hall–Kier alpha value is -16.5. The summed E-state index contributed by atoms with van der Waals surface area (Å²) in [6.45, 7) is 0. The fourth-order valence-corrected chi connectivity index (χ4v) is 30.9. The second-order valence-corrected chi connectivity index (χ2v) is 46.8. The summed E-state index contributed by atoms with van der Waals surface area (Å²) in [7, 11) is -12.3. The predicted molar refractivity (Wildman–Crippen MR) is 610 cm³/mol. The van der Waals surface area contributed by atoms with E-state index >= 15 is 13.7 Å². The molecule has 0 bridgehead atoms. The fraction of sp³-hybridized carbons (Fsp3) is 0. The van der Waals surface area contributed by atoms with Crippen LogP contribution < -0.4 is 63.7 Å². The number of hydrogen-bond donors (Lipinski definition) is 0. The number of hydrogen-bond acceptors (Lipinski definition) is 4. The monoisotopic (exact) mass is 1890 g/mol. The van der Waals surface area contributed by atoms with E-state index in [9.17, 15) is 4.57 Å². The minimum absolute atomic E-state index is 0.832. The molecule has 0 aliphatic heterocycles. The Balaban J connectivity index is 0.000000109. The highest BCUT2D eigenvalue weighted by molar-refractivity contribution is 7.86. The van der Waals surface area contributed by atoms with Crippen LogP contribution in [0, 0.1) is 0 Å². The van der Waals surface area contributed by atoms with Gasteiger partial charge in [0.1, 0.15) is 0 Å². The molecular formula is C134H96O4P4. The van der Waals surface area contributed by atoms with Gasteiger partial charge in [0.25, 0.3) is 0 Å². The van der Waals surface area contributed by atoms with Gasteiger partial charge >= 0.3 is 0 Å². The summed E-state index contributed by atoms with van der Waals surface area (Å²) in [6.07, 6.45) is 0. The quantitative estimate of drug-likeness (QED) is 0.0634. The molecular weight excluding hydrogens is 1800 g/mol. The minimum atomic E-state index is -3.14. The molecule has 0 saturated carbocycles. The maximum atomic E-state index is 15.3. The molecule has 142 heavy (non-hydrogen) atoms. The van der Waals surface area contributed by atoms with Crippen molar-refractivity contribution in [3.05, 3.63) is 582 Å². The van der Waals surface area contributed by atoms with Gasteiger partial charge < -0.3 is 18.3 Å². The van der Waals surface area contributed by atoms with Crippen LogP contribution in [0.25, 0.3) is 142 Å². The third-order valence-electron chi connectivity index (χ3n) is 27.4. The van der Waals surface area contributed by atoms with Crippen molar-refractivity contribution in [2.24, 2.45) is 0 Å².